The number of carbonyl (C=O) groups excluding carboxylic acids is 1. The Morgan fingerprint density at radius 2 is 1.86 bits per heavy atom. The van der Waals surface area contributed by atoms with Crippen LogP contribution in [-0.4, -0.2) is 18.2 Å². The zero-order valence-electron chi connectivity index (χ0n) is 12.1. The van der Waals surface area contributed by atoms with Gasteiger partial charge >= 0.3 is 6.36 Å². The summed E-state index contributed by atoms with van der Waals surface area (Å²) < 4.78 is 40.9. The monoisotopic (exact) mass is 303 g/mol. The maximum Gasteiger partial charge on any atom is 0.573 e. The van der Waals surface area contributed by atoms with E-state index in [2.05, 4.69) is 4.74 Å². The lowest BCUT2D eigenvalue weighted by molar-refractivity contribution is -0.274. The highest BCUT2D eigenvalue weighted by atomic mass is 19.4. The van der Waals surface area contributed by atoms with Gasteiger partial charge in [0.25, 0.3) is 0 Å². The summed E-state index contributed by atoms with van der Waals surface area (Å²) in [6.45, 7) is 3.58. The van der Waals surface area contributed by atoms with Crippen molar-refractivity contribution in [3.63, 3.8) is 0 Å². The van der Waals surface area contributed by atoms with Gasteiger partial charge in [-0.05, 0) is 31.9 Å². The summed E-state index contributed by atoms with van der Waals surface area (Å²) in [5, 5.41) is 0. The van der Waals surface area contributed by atoms with Crippen LogP contribution in [0.4, 0.5) is 13.2 Å². The summed E-state index contributed by atoms with van der Waals surface area (Å²) in [6.07, 6.45) is -2.69. The Balaban J connectivity index is 2.77. The predicted molar refractivity (Wildman–Crippen MR) is 74.1 cm³/mol. The van der Waals surface area contributed by atoms with Crippen molar-refractivity contribution in [2.45, 2.75) is 45.5 Å². The Morgan fingerprint density at radius 3 is 2.43 bits per heavy atom. The van der Waals surface area contributed by atoms with Gasteiger partial charge in [0.2, 0.25) is 0 Å². The van der Waals surface area contributed by atoms with Crippen molar-refractivity contribution >= 4 is 5.78 Å². The van der Waals surface area contributed by atoms with Crippen LogP contribution in [-0.2, 0) is 0 Å². The first-order valence-corrected chi connectivity index (χ1v) is 6.85. The summed E-state index contributed by atoms with van der Waals surface area (Å²) in [6, 6.07) is 5.47. The van der Waals surface area contributed by atoms with Crippen LogP contribution in [0.2, 0.25) is 0 Å². The van der Waals surface area contributed by atoms with Crippen molar-refractivity contribution in [3.8, 4) is 5.75 Å². The highest BCUT2D eigenvalue weighted by Gasteiger charge is 2.33. The standard InChI is InChI=1S/C15H20F3NO2/c1-10(6-5-7-11(2)19)14(20)12-8-3-4-9-13(12)21-15(16,17)18/h3-4,8-11H,5-7,19H2,1-2H3. The zero-order chi connectivity index (χ0) is 16.0. The van der Waals surface area contributed by atoms with Crippen molar-refractivity contribution in [1.82, 2.24) is 0 Å². The molecule has 0 aliphatic carbocycles. The number of ether oxygens (including phenoxy) is 1. The van der Waals surface area contributed by atoms with Gasteiger partial charge in [-0.25, -0.2) is 0 Å². The summed E-state index contributed by atoms with van der Waals surface area (Å²) in [7, 11) is 0. The third-order valence-electron chi connectivity index (χ3n) is 3.12. The molecule has 2 N–H and O–H groups in total. The van der Waals surface area contributed by atoms with Gasteiger partial charge in [-0.3, -0.25) is 4.79 Å². The smallest absolute Gasteiger partial charge is 0.405 e. The first kappa shape index (κ1) is 17.5. The number of benzene rings is 1. The van der Waals surface area contributed by atoms with E-state index in [0.29, 0.717) is 6.42 Å². The van der Waals surface area contributed by atoms with Crippen molar-refractivity contribution in [2.24, 2.45) is 11.7 Å². The third kappa shape index (κ3) is 6.16. The lowest BCUT2D eigenvalue weighted by Gasteiger charge is -2.15. The maximum absolute atomic E-state index is 12.3. The van der Waals surface area contributed by atoms with Gasteiger partial charge < -0.3 is 10.5 Å². The van der Waals surface area contributed by atoms with Gasteiger partial charge in [-0.2, -0.15) is 0 Å². The van der Waals surface area contributed by atoms with Crippen LogP contribution in [0, 0.1) is 5.92 Å². The number of rotatable bonds is 7. The molecule has 0 saturated heterocycles. The molecule has 0 amide bonds. The minimum Gasteiger partial charge on any atom is -0.405 e. The van der Waals surface area contributed by atoms with Crippen LogP contribution in [0.3, 0.4) is 0 Å². The summed E-state index contributed by atoms with van der Waals surface area (Å²) in [5.41, 5.74) is 5.59. The molecule has 3 nitrogen and oxygen atoms in total. The van der Waals surface area contributed by atoms with Crippen molar-refractivity contribution in [3.05, 3.63) is 29.8 Å². The SMILES string of the molecule is CC(N)CCCC(C)C(=O)c1ccccc1OC(F)(F)F. The Kier molecular flexibility index (Phi) is 6.20. The first-order chi connectivity index (χ1) is 9.70. The Bertz CT molecular complexity index is 472. The molecule has 0 heterocycles. The molecule has 0 fully saturated rings. The largest absolute Gasteiger partial charge is 0.573 e. The molecule has 1 rings (SSSR count). The Hall–Kier alpha value is -1.56. The topological polar surface area (TPSA) is 52.3 Å². The van der Waals surface area contributed by atoms with E-state index in [-0.39, 0.29) is 23.3 Å². The zero-order valence-corrected chi connectivity index (χ0v) is 12.1. The molecule has 6 heteroatoms. The maximum atomic E-state index is 12.3. The second-order valence-corrected chi connectivity index (χ2v) is 5.22. The average molecular weight is 303 g/mol. The normalized spacial score (nSPS) is 14.6. The second-order valence-electron chi connectivity index (χ2n) is 5.22. The fraction of sp³-hybridized carbons (Fsp3) is 0.533. The Labute approximate surface area is 122 Å². The molecular formula is C15H20F3NO2. The minimum absolute atomic E-state index is 0.0388. The summed E-state index contributed by atoms with van der Waals surface area (Å²) in [4.78, 5) is 12.2. The van der Waals surface area contributed by atoms with Gasteiger partial charge in [0.05, 0.1) is 5.56 Å². The fourth-order valence-corrected chi connectivity index (χ4v) is 2.03. The Morgan fingerprint density at radius 1 is 1.24 bits per heavy atom. The van der Waals surface area contributed by atoms with E-state index < -0.39 is 12.1 Å². The number of ketones is 1. The molecule has 2 unspecified atom stereocenters. The van der Waals surface area contributed by atoms with Gasteiger partial charge in [-0.1, -0.05) is 25.5 Å². The number of Topliss-reactive ketones (excluding diaryl/α,β-unsaturated/α-hetero) is 1. The van der Waals surface area contributed by atoms with E-state index >= 15 is 0 Å². The van der Waals surface area contributed by atoms with E-state index in [1.165, 1.54) is 18.2 Å². The van der Waals surface area contributed by atoms with Gasteiger partial charge in [0, 0.05) is 12.0 Å². The quantitative estimate of drug-likeness (QED) is 0.777. The number of hydrogen-bond donors (Lipinski definition) is 1. The molecule has 0 bridgehead atoms. The number of carbonyl (C=O) groups is 1. The molecule has 21 heavy (non-hydrogen) atoms. The fourth-order valence-electron chi connectivity index (χ4n) is 2.03. The molecule has 0 aromatic heterocycles. The number of alkyl halides is 3. The summed E-state index contributed by atoms with van der Waals surface area (Å²) >= 11 is 0. The van der Waals surface area contributed by atoms with Crippen LogP contribution in [0.1, 0.15) is 43.5 Å². The number of hydrogen-bond acceptors (Lipinski definition) is 3. The molecular weight excluding hydrogens is 283 g/mol. The summed E-state index contributed by atoms with van der Waals surface area (Å²) in [5.74, 6) is -1.17. The van der Waals surface area contributed by atoms with Crippen LogP contribution in [0.15, 0.2) is 24.3 Å². The van der Waals surface area contributed by atoms with Crippen molar-refractivity contribution in [2.75, 3.05) is 0 Å². The predicted octanol–water partition coefficient (Wildman–Crippen LogP) is 3.92. The van der Waals surface area contributed by atoms with Crippen LogP contribution in [0.5, 0.6) is 5.75 Å². The van der Waals surface area contributed by atoms with Crippen LogP contribution in [0.25, 0.3) is 0 Å². The number of para-hydroxylation sites is 1. The van der Waals surface area contributed by atoms with E-state index in [9.17, 15) is 18.0 Å². The first-order valence-electron chi connectivity index (χ1n) is 6.85. The molecule has 2 atom stereocenters. The molecule has 0 radical (unpaired) electrons. The molecule has 0 aliphatic heterocycles. The molecule has 1 aromatic rings. The van der Waals surface area contributed by atoms with E-state index in [4.69, 9.17) is 5.73 Å². The molecule has 118 valence electrons. The van der Waals surface area contributed by atoms with E-state index in [1.54, 1.807) is 6.92 Å². The van der Waals surface area contributed by atoms with Crippen molar-refractivity contribution in [1.29, 1.82) is 0 Å². The number of nitrogens with two attached hydrogens (primary N) is 1. The van der Waals surface area contributed by atoms with Gasteiger partial charge in [0.15, 0.2) is 5.78 Å². The molecule has 0 saturated carbocycles. The second kappa shape index (κ2) is 7.45. The lowest BCUT2D eigenvalue weighted by Crippen LogP contribution is -2.21. The number of halogens is 3. The molecule has 1 aromatic carbocycles. The van der Waals surface area contributed by atoms with Crippen LogP contribution >= 0.6 is 0 Å². The molecule has 0 aliphatic rings. The minimum atomic E-state index is -4.81. The van der Waals surface area contributed by atoms with Gasteiger partial charge in [0.1, 0.15) is 5.75 Å². The van der Waals surface area contributed by atoms with Crippen molar-refractivity contribution < 1.29 is 22.7 Å². The van der Waals surface area contributed by atoms with E-state index in [0.717, 1.165) is 18.9 Å². The van der Waals surface area contributed by atoms with E-state index in [1.807, 2.05) is 6.92 Å². The van der Waals surface area contributed by atoms with Crippen LogP contribution < -0.4 is 10.5 Å². The molecule has 0 spiro atoms. The highest BCUT2D eigenvalue weighted by Crippen LogP contribution is 2.28. The lowest BCUT2D eigenvalue weighted by atomic mass is 9.93. The average Bonchev–Trinajstić information content (AvgIpc) is 2.36. The van der Waals surface area contributed by atoms with Gasteiger partial charge in [-0.15, -0.1) is 13.2 Å². The highest BCUT2D eigenvalue weighted by molar-refractivity contribution is 6.00. The third-order valence-corrected chi connectivity index (χ3v) is 3.12.